The minimum Gasteiger partial charge on any atom is -0.264 e. The number of aromatic nitrogens is 1. The molecule has 0 aliphatic heterocycles. The molecule has 0 N–H and O–H groups in total. The van der Waals surface area contributed by atoms with Crippen LogP contribution < -0.4 is 0 Å². The van der Waals surface area contributed by atoms with Gasteiger partial charge in [-0.2, -0.15) is 0 Å². The third-order valence-corrected chi connectivity index (χ3v) is 5.02. The van der Waals surface area contributed by atoms with Gasteiger partial charge in [-0.25, -0.2) is 12.7 Å². The molecule has 0 fully saturated rings. The molecule has 0 radical (unpaired) electrons. The van der Waals surface area contributed by atoms with E-state index in [-0.39, 0.29) is 5.75 Å². The molecule has 106 valence electrons. The molecule has 0 aliphatic carbocycles. The summed E-state index contributed by atoms with van der Waals surface area (Å²) in [5.74, 6) is -0.108. The van der Waals surface area contributed by atoms with Crippen LogP contribution in [0, 0.1) is 0 Å². The van der Waals surface area contributed by atoms with E-state index >= 15 is 0 Å². The molecule has 1 aromatic heterocycles. The third kappa shape index (κ3) is 3.79. The third-order valence-electron chi connectivity index (χ3n) is 2.90. The topological polar surface area (TPSA) is 50.3 Å². The highest BCUT2D eigenvalue weighted by Crippen LogP contribution is 2.19. The summed E-state index contributed by atoms with van der Waals surface area (Å²) >= 11 is 6.00. The standard InChI is InChI=1S/C14H15ClN2O2S/c1-17(10-12-5-4-8-16-9-12)20(18,19)11-13-6-2-3-7-14(13)15/h2-9H,10-11H2,1H3. The Morgan fingerprint density at radius 3 is 2.60 bits per heavy atom. The number of halogens is 1. The van der Waals surface area contributed by atoms with E-state index < -0.39 is 10.0 Å². The summed E-state index contributed by atoms with van der Waals surface area (Å²) in [7, 11) is -1.86. The molecule has 0 atom stereocenters. The monoisotopic (exact) mass is 310 g/mol. The fraction of sp³-hybridized carbons (Fsp3) is 0.214. The molecule has 4 nitrogen and oxygen atoms in total. The van der Waals surface area contributed by atoms with Crippen LogP contribution in [0.4, 0.5) is 0 Å². The summed E-state index contributed by atoms with van der Waals surface area (Å²) in [5.41, 5.74) is 1.45. The second kappa shape index (κ2) is 6.35. The maximum Gasteiger partial charge on any atom is 0.218 e. The van der Waals surface area contributed by atoms with Gasteiger partial charge in [0.2, 0.25) is 10.0 Å². The number of hydrogen-bond donors (Lipinski definition) is 0. The Kier molecular flexibility index (Phi) is 4.75. The van der Waals surface area contributed by atoms with Crippen molar-refractivity contribution < 1.29 is 8.42 Å². The van der Waals surface area contributed by atoms with E-state index in [2.05, 4.69) is 4.98 Å². The number of hydrogen-bond acceptors (Lipinski definition) is 3. The Labute approximate surface area is 124 Å². The van der Waals surface area contributed by atoms with Crippen molar-refractivity contribution in [3.63, 3.8) is 0 Å². The largest absolute Gasteiger partial charge is 0.264 e. The van der Waals surface area contributed by atoms with Gasteiger partial charge in [0.25, 0.3) is 0 Å². The summed E-state index contributed by atoms with van der Waals surface area (Å²) in [5, 5.41) is 0.464. The normalized spacial score (nSPS) is 11.8. The van der Waals surface area contributed by atoms with E-state index in [9.17, 15) is 8.42 Å². The zero-order valence-corrected chi connectivity index (χ0v) is 12.6. The first-order chi connectivity index (χ1) is 9.49. The molecule has 1 aromatic carbocycles. The first kappa shape index (κ1) is 15.0. The zero-order chi connectivity index (χ0) is 14.6. The van der Waals surface area contributed by atoms with Crippen LogP contribution in [-0.4, -0.2) is 24.8 Å². The Hall–Kier alpha value is -1.43. The van der Waals surface area contributed by atoms with E-state index in [4.69, 9.17) is 11.6 Å². The van der Waals surface area contributed by atoms with Crippen LogP contribution >= 0.6 is 11.6 Å². The van der Waals surface area contributed by atoms with Crippen molar-refractivity contribution in [2.24, 2.45) is 0 Å². The van der Waals surface area contributed by atoms with Crippen molar-refractivity contribution >= 4 is 21.6 Å². The van der Waals surface area contributed by atoms with Gasteiger partial charge in [-0.1, -0.05) is 35.9 Å². The van der Waals surface area contributed by atoms with E-state index in [0.29, 0.717) is 17.1 Å². The molecule has 6 heteroatoms. The van der Waals surface area contributed by atoms with Crippen molar-refractivity contribution in [2.45, 2.75) is 12.3 Å². The van der Waals surface area contributed by atoms with Crippen molar-refractivity contribution in [1.29, 1.82) is 0 Å². The summed E-state index contributed by atoms with van der Waals surface area (Å²) < 4.78 is 25.9. The van der Waals surface area contributed by atoms with Crippen LogP contribution in [0.3, 0.4) is 0 Å². The van der Waals surface area contributed by atoms with Crippen molar-refractivity contribution in [1.82, 2.24) is 9.29 Å². The van der Waals surface area contributed by atoms with Crippen LogP contribution in [0.5, 0.6) is 0 Å². The van der Waals surface area contributed by atoms with Gasteiger partial charge in [0, 0.05) is 31.0 Å². The smallest absolute Gasteiger partial charge is 0.218 e. The molecule has 0 amide bonds. The summed E-state index contributed by atoms with van der Waals surface area (Å²) in [6.45, 7) is 0.292. The van der Waals surface area contributed by atoms with E-state index in [1.54, 1.807) is 49.8 Å². The van der Waals surface area contributed by atoms with Crippen LogP contribution in [0.2, 0.25) is 5.02 Å². The number of rotatable bonds is 5. The lowest BCUT2D eigenvalue weighted by Gasteiger charge is -2.17. The molecule has 20 heavy (non-hydrogen) atoms. The SMILES string of the molecule is CN(Cc1cccnc1)S(=O)(=O)Cc1ccccc1Cl. The lowest BCUT2D eigenvalue weighted by molar-refractivity contribution is 0.465. The Balaban J connectivity index is 2.12. The lowest BCUT2D eigenvalue weighted by atomic mass is 10.2. The fourth-order valence-electron chi connectivity index (χ4n) is 1.77. The van der Waals surface area contributed by atoms with E-state index in [1.807, 2.05) is 6.07 Å². The van der Waals surface area contributed by atoms with Gasteiger partial charge in [-0.05, 0) is 23.3 Å². The molecule has 0 unspecified atom stereocenters. The molecule has 0 aliphatic rings. The van der Waals surface area contributed by atoms with Crippen molar-refractivity contribution in [2.75, 3.05) is 7.05 Å². The highest BCUT2D eigenvalue weighted by atomic mass is 35.5. The fourth-order valence-corrected chi connectivity index (χ4v) is 3.26. The molecule has 2 aromatic rings. The molecular weight excluding hydrogens is 296 g/mol. The van der Waals surface area contributed by atoms with Gasteiger partial charge < -0.3 is 0 Å². The van der Waals surface area contributed by atoms with Crippen LogP contribution in [0.25, 0.3) is 0 Å². The van der Waals surface area contributed by atoms with Gasteiger partial charge in [0.15, 0.2) is 0 Å². The van der Waals surface area contributed by atoms with Crippen molar-refractivity contribution in [3.8, 4) is 0 Å². The summed E-state index contributed by atoms with van der Waals surface area (Å²) in [6.07, 6.45) is 3.31. The first-order valence-corrected chi connectivity index (χ1v) is 8.04. The first-order valence-electron chi connectivity index (χ1n) is 6.05. The van der Waals surface area contributed by atoms with Crippen LogP contribution in [-0.2, 0) is 22.3 Å². The predicted molar refractivity (Wildman–Crippen MR) is 79.8 cm³/mol. The van der Waals surface area contributed by atoms with Crippen molar-refractivity contribution in [3.05, 3.63) is 64.9 Å². The quantitative estimate of drug-likeness (QED) is 0.853. The Morgan fingerprint density at radius 1 is 1.20 bits per heavy atom. The second-order valence-corrected chi connectivity index (χ2v) is 6.95. The van der Waals surface area contributed by atoms with Gasteiger partial charge >= 0.3 is 0 Å². The molecular formula is C14H15ClN2O2S. The van der Waals surface area contributed by atoms with Gasteiger partial charge in [0.1, 0.15) is 0 Å². The molecule has 1 heterocycles. The van der Waals surface area contributed by atoms with Gasteiger partial charge in [-0.3, -0.25) is 4.98 Å². The number of sulfonamides is 1. The second-order valence-electron chi connectivity index (χ2n) is 4.46. The van der Waals surface area contributed by atoms with Crippen LogP contribution in [0.1, 0.15) is 11.1 Å². The minimum absolute atomic E-state index is 0.108. The molecule has 2 rings (SSSR count). The van der Waals surface area contributed by atoms with E-state index in [0.717, 1.165) is 5.56 Å². The lowest BCUT2D eigenvalue weighted by Crippen LogP contribution is -2.27. The highest BCUT2D eigenvalue weighted by molar-refractivity contribution is 7.88. The summed E-state index contributed by atoms with van der Waals surface area (Å²) in [4.78, 5) is 3.98. The highest BCUT2D eigenvalue weighted by Gasteiger charge is 2.20. The Morgan fingerprint density at radius 2 is 1.95 bits per heavy atom. The maximum atomic E-state index is 12.3. The van der Waals surface area contributed by atoms with Gasteiger partial charge in [-0.15, -0.1) is 0 Å². The zero-order valence-electron chi connectivity index (χ0n) is 11.0. The molecule has 0 spiro atoms. The van der Waals surface area contributed by atoms with Crippen LogP contribution in [0.15, 0.2) is 48.8 Å². The Bertz CT molecular complexity index is 675. The predicted octanol–water partition coefficient (Wildman–Crippen LogP) is 2.70. The number of benzene rings is 1. The summed E-state index contributed by atoms with van der Waals surface area (Å²) in [6, 6.07) is 10.6. The number of nitrogens with zero attached hydrogens (tertiary/aromatic N) is 2. The molecule has 0 saturated heterocycles. The average molecular weight is 311 g/mol. The van der Waals surface area contributed by atoms with E-state index in [1.165, 1.54) is 4.31 Å². The minimum atomic E-state index is -3.41. The average Bonchev–Trinajstić information content (AvgIpc) is 2.42. The molecule has 0 bridgehead atoms. The maximum absolute atomic E-state index is 12.3. The van der Waals surface area contributed by atoms with Gasteiger partial charge in [0.05, 0.1) is 5.75 Å². The molecule has 0 saturated carbocycles. The number of pyridine rings is 1.